The van der Waals surface area contributed by atoms with Crippen LogP contribution in [0.2, 0.25) is 0 Å². The Balaban J connectivity index is 0.00000176. The SMILES string of the molecule is CC(NC(=O)C1CCNC1)c1ccc2c(c1)CCC(=O)N2.Cl. The Labute approximate surface area is 136 Å². The lowest BCUT2D eigenvalue weighted by Crippen LogP contribution is -2.34. The summed E-state index contributed by atoms with van der Waals surface area (Å²) in [4.78, 5) is 23.5. The van der Waals surface area contributed by atoms with Crippen LogP contribution in [0.25, 0.3) is 0 Å². The maximum absolute atomic E-state index is 12.2. The Morgan fingerprint density at radius 2 is 2.18 bits per heavy atom. The smallest absolute Gasteiger partial charge is 0.224 e. The van der Waals surface area contributed by atoms with Crippen molar-refractivity contribution in [2.24, 2.45) is 5.92 Å². The predicted octanol–water partition coefficient (Wildman–Crippen LogP) is 1.78. The molecule has 0 aliphatic carbocycles. The molecule has 1 aromatic carbocycles. The highest BCUT2D eigenvalue weighted by atomic mass is 35.5. The van der Waals surface area contributed by atoms with E-state index in [2.05, 4.69) is 22.0 Å². The molecule has 2 aliphatic heterocycles. The summed E-state index contributed by atoms with van der Waals surface area (Å²) < 4.78 is 0. The van der Waals surface area contributed by atoms with Crippen molar-refractivity contribution in [3.05, 3.63) is 29.3 Å². The summed E-state index contributed by atoms with van der Waals surface area (Å²) in [5.41, 5.74) is 3.13. The minimum atomic E-state index is -0.0129. The number of amides is 2. The molecule has 1 fully saturated rings. The zero-order chi connectivity index (χ0) is 14.8. The van der Waals surface area contributed by atoms with Crippen LogP contribution in [0.15, 0.2) is 18.2 Å². The van der Waals surface area contributed by atoms with Gasteiger partial charge in [0.05, 0.1) is 12.0 Å². The van der Waals surface area contributed by atoms with E-state index in [9.17, 15) is 9.59 Å². The van der Waals surface area contributed by atoms with E-state index in [1.165, 1.54) is 0 Å². The van der Waals surface area contributed by atoms with Crippen molar-refractivity contribution in [3.8, 4) is 0 Å². The summed E-state index contributed by atoms with van der Waals surface area (Å²) in [6.07, 6.45) is 2.21. The Morgan fingerprint density at radius 1 is 1.36 bits per heavy atom. The van der Waals surface area contributed by atoms with Crippen molar-refractivity contribution in [2.75, 3.05) is 18.4 Å². The summed E-state index contributed by atoms with van der Waals surface area (Å²) >= 11 is 0. The minimum absolute atomic E-state index is 0. The minimum Gasteiger partial charge on any atom is -0.349 e. The molecule has 2 amide bonds. The van der Waals surface area contributed by atoms with Gasteiger partial charge in [0, 0.05) is 18.7 Å². The number of carbonyl (C=O) groups excluding carboxylic acids is 2. The third kappa shape index (κ3) is 3.59. The van der Waals surface area contributed by atoms with Gasteiger partial charge in [-0.05, 0) is 43.5 Å². The van der Waals surface area contributed by atoms with E-state index in [0.717, 1.165) is 42.7 Å². The van der Waals surface area contributed by atoms with Gasteiger partial charge in [0.1, 0.15) is 0 Å². The first-order chi connectivity index (χ1) is 10.1. The summed E-state index contributed by atoms with van der Waals surface area (Å²) in [7, 11) is 0. The van der Waals surface area contributed by atoms with Crippen molar-refractivity contribution in [2.45, 2.75) is 32.2 Å². The van der Waals surface area contributed by atoms with E-state index < -0.39 is 0 Å². The van der Waals surface area contributed by atoms with Crippen molar-refractivity contribution < 1.29 is 9.59 Å². The number of rotatable bonds is 3. The number of aryl methyl sites for hydroxylation is 1. The van der Waals surface area contributed by atoms with E-state index >= 15 is 0 Å². The molecule has 0 bridgehead atoms. The Kier molecular flexibility index (Phi) is 5.42. The van der Waals surface area contributed by atoms with E-state index in [1.807, 2.05) is 19.1 Å². The van der Waals surface area contributed by atoms with E-state index in [0.29, 0.717) is 6.42 Å². The first-order valence-electron chi connectivity index (χ1n) is 7.57. The van der Waals surface area contributed by atoms with Gasteiger partial charge in [-0.3, -0.25) is 9.59 Å². The van der Waals surface area contributed by atoms with Gasteiger partial charge in [-0.15, -0.1) is 12.4 Å². The van der Waals surface area contributed by atoms with Crippen LogP contribution in [-0.4, -0.2) is 24.9 Å². The maximum atomic E-state index is 12.2. The lowest BCUT2D eigenvalue weighted by atomic mass is 9.97. The monoisotopic (exact) mass is 323 g/mol. The number of nitrogens with one attached hydrogen (secondary N) is 3. The second kappa shape index (κ2) is 7.11. The predicted molar refractivity (Wildman–Crippen MR) is 88.2 cm³/mol. The number of carbonyl (C=O) groups is 2. The standard InChI is InChI=1S/C16H21N3O2.ClH/c1-10(18-16(21)13-6-7-17-9-13)11-2-4-14-12(8-11)3-5-15(20)19-14;/h2,4,8,10,13,17H,3,5-7,9H2,1H3,(H,18,21)(H,19,20);1H. The average Bonchev–Trinajstić information content (AvgIpc) is 3.01. The molecule has 1 saturated heterocycles. The van der Waals surface area contributed by atoms with Crippen LogP contribution >= 0.6 is 12.4 Å². The third-order valence-electron chi connectivity index (χ3n) is 4.31. The zero-order valence-corrected chi connectivity index (χ0v) is 13.5. The zero-order valence-electron chi connectivity index (χ0n) is 12.6. The molecule has 0 saturated carbocycles. The van der Waals surface area contributed by atoms with Crippen molar-refractivity contribution in [3.63, 3.8) is 0 Å². The summed E-state index contributed by atoms with van der Waals surface area (Å²) in [5.74, 6) is 0.285. The third-order valence-corrected chi connectivity index (χ3v) is 4.31. The van der Waals surface area contributed by atoms with Crippen molar-refractivity contribution in [1.29, 1.82) is 0 Å². The second-order valence-corrected chi connectivity index (χ2v) is 5.88. The van der Waals surface area contributed by atoms with Gasteiger partial charge in [0.2, 0.25) is 11.8 Å². The molecule has 0 spiro atoms. The van der Waals surface area contributed by atoms with Crippen LogP contribution in [0.5, 0.6) is 0 Å². The second-order valence-electron chi connectivity index (χ2n) is 5.88. The first-order valence-corrected chi connectivity index (χ1v) is 7.57. The maximum Gasteiger partial charge on any atom is 0.224 e. The normalized spacial score (nSPS) is 21.3. The van der Waals surface area contributed by atoms with Gasteiger partial charge in [-0.2, -0.15) is 0 Å². The highest BCUT2D eigenvalue weighted by Gasteiger charge is 2.24. The molecule has 6 heteroatoms. The quantitative estimate of drug-likeness (QED) is 0.794. The summed E-state index contributed by atoms with van der Waals surface area (Å²) in [5, 5.41) is 9.17. The fourth-order valence-corrected chi connectivity index (χ4v) is 2.97. The molecule has 0 radical (unpaired) electrons. The first kappa shape index (κ1) is 16.8. The molecular formula is C16H22ClN3O2. The van der Waals surface area contributed by atoms with Crippen LogP contribution in [0.4, 0.5) is 5.69 Å². The molecule has 120 valence electrons. The molecule has 3 N–H and O–H groups in total. The largest absolute Gasteiger partial charge is 0.349 e. The average molecular weight is 324 g/mol. The van der Waals surface area contributed by atoms with Crippen LogP contribution < -0.4 is 16.0 Å². The molecule has 2 atom stereocenters. The highest BCUT2D eigenvalue weighted by molar-refractivity contribution is 5.93. The summed E-state index contributed by atoms with van der Waals surface area (Å²) in [6.45, 7) is 3.70. The fourth-order valence-electron chi connectivity index (χ4n) is 2.97. The molecular weight excluding hydrogens is 302 g/mol. The Morgan fingerprint density at radius 3 is 2.91 bits per heavy atom. The molecule has 1 aromatic rings. The topological polar surface area (TPSA) is 70.2 Å². The molecule has 3 rings (SSSR count). The Bertz CT molecular complexity index is 571. The Hall–Kier alpha value is -1.59. The lowest BCUT2D eigenvalue weighted by Gasteiger charge is -2.21. The molecule has 0 aromatic heterocycles. The molecule has 5 nitrogen and oxygen atoms in total. The molecule has 2 unspecified atom stereocenters. The van der Waals surface area contributed by atoms with Crippen LogP contribution in [0.1, 0.15) is 36.9 Å². The van der Waals surface area contributed by atoms with Crippen LogP contribution in [0, 0.1) is 5.92 Å². The molecule has 2 aliphatic rings. The van der Waals surface area contributed by atoms with Crippen LogP contribution in [0.3, 0.4) is 0 Å². The number of benzene rings is 1. The number of hydrogen-bond acceptors (Lipinski definition) is 3. The van der Waals surface area contributed by atoms with Gasteiger partial charge in [0.25, 0.3) is 0 Å². The van der Waals surface area contributed by atoms with Gasteiger partial charge in [-0.1, -0.05) is 12.1 Å². The van der Waals surface area contributed by atoms with Gasteiger partial charge >= 0.3 is 0 Å². The van der Waals surface area contributed by atoms with E-state index in [4.69, 9.17) is 0 Å². The highest BCUT2D eigenvalue weighted by Crippen LogP contribution is 2.26. The number of hydrogen-bond donors (Lipinski definition) is 3. The van der Waals surface area contributed by atoms with Gasteiger partial charge in [0.15, 0.2) is 0 Å². The molecule has 22 heavy (non-hydrogen) atoms. The summed E-state index contributed by atoms with van der Waals surface area (Å²) in [6, 6.07) is 5.98. The van der Waals surface area contributed by atoms with Gasteiger partial charge in [-0.25, -0.2) is 0 Å². The molecule has 2 heterocycles. The fraction of sp³-hybridized carbons (Fsp3) is 0.500. The number of fused-ring (bicyclic) bond motifs is 1. The number of halogens is 1. The van der Waals surface area contributed by atoms with E-state index in [1.54, 1.807) is 0 Å². The van der Waals surface area contributed by atoms with Crippen molar-refractivity contribution in [1.82, 2.24) is 10.6 Å². The van der Waals surface area contributed by atoms with Crippen LogP contribution in [-0.2, 0) is 16.0 Å². The lowest BCUT2D eigenvalue weighted by molar-refractivity contribution is -0.125. The number of anilines is 1. The van der Waals surface area contributed by atoms with Crippen molar-refractivity contribution >= 4 is 29.9 Å². The van der Waals surface area contributed by atoms with Gasteiger partial charge < -0.3 is 16.0 Å². The van der Waals surface area contributed by atoms with E-state index in [-0.39, 0.29) is 36.2 Å².